The number of aromatic amines is 1. The summed E-state index contributed by atoms with van der Waals surface area (Å²) in [6.07, 6.45) is 2.38. The van der Waals surface area contributed by atoms with E-state index in [-0.39, 0.29) is 5.56 Å². The fourth-order valence-electron chi connectivity index (χ4n) is 1.58. The molecular weight excluding hydrogens is 230 g/mol. The topological polar surface area (TPSA) is 81.0 Å². The lowest BCUT2D eigenvalue weighted by Gasteiger charge is -2.06. The molecule has 0 atom stereocenters. The van der Waals surface area contributed by atoms with Gasteiger partial charge in [-0.15, -0.1) is 0 Å². The van der Waals surface area contributed by atoms with Gasteiger partial charge in [-0.25, -0.2) is 5.10 Å². The monoisotopic (exact) mass is 245 g/mol. The molecule has 0 saturated carbocycles. The van der Waals surface area contributed by atoms with Gasteiger partial charge >= 0.3 is 0 Å². The highest BCUT2D eigenvalue weighted by Crippen LogP contribution is 2.19. The van der Waals surface area contributed by atoms with Crippen LogP contribution in [0.3, 0.4) is 0 Å². The Bertz CT molecular complexity index is 549. The van der Waals surface area contributed by atoms with Crippen molar-refractivity contribution in [1.29, 1.82) is 0 Å². The van der Waals surface area contributed by atoms with E-state index < -0.39 is 0 Å². The molecule has 0 radical (unpaired) electrons. The Morgan fingerprint density at radius 2 is 2.00 bits per heavy atom. The van der Waals surface area contributed by atoms with Crippen LogP contribution in [-0.4, -0.2) is 23.3 Å². The Labute approximate surface area is 105 Å². The number of benzene rings is 1. The molecule has 0 amide bonds. The Morgan fingerprint density at radius 3 is 2.67 bits per heavy atom. The molecule has 1 heterocycles. The molecule has 3 N–H and O–H groups in total. The van der Waals surface area contributed by atoms with Crippen LogP contribution >= 0.6 is 0 Å². The molecule has 0 saturated heterocycles. The first-order valence-electron chi connectivity index (χ1n) is 5.78. The molecule has 0 aliphatic rings. The van der Waals surface area contributed by atoms with Crippen molar-refractivity contribution in [2.24, 2.45) is 5.73 Å². The Morgan fingerprint density at radius 1 is 1.22 bits per heavy atom. The number of ether oxygens (including phenoxy) is 1. The first-order valence-corrected chi connectivity index (χ1v) is 5.78. The second-order valence-corrected chi connectivity index (χ2v) is 3.81. The molecule has 1 aromatic heterocycles. The van der Waals surface area contributed by atoms with Crippen molar-refractivity contribution in [2.75, 3.05) is 13.2 Å². The number of aromatic nitrogens is 2. The Kier molecular flexibility index (Phi) is 4.09. The van der Waals surface area contributed by atoms with Gasteiger partial charge in [-0.05, 0) is 36.7 Å². The third kappa shape index (κ3) is 2.95. The molecule has 18 heavy (non-hydrogen) atoms. The highest BCUT2D eigenvalue weighted by Gasteiger charge is 2.02. The van der Waals surface area contributed by atoms with Crippen molar-refractivity contribution in [3.8, 4) is 16.9 Å². The van der Waals surface area contributed by atoms with E-state index in [0.29, 0.717) is 18.7 Å². The van der Waals surface area contributed by atoms with E-state index in [4.69, 9.17) is 10.5 Å². The van der Waals surface area contributed by atoms with Crippen LogP contribution in [0.25, 0.3) is 11.1 Å². The maximum absolute atomic E-state index is 11.6. The SMILES string of the molecule is NCCCOc1ccc(-c2ccn[nH]c2=O)cc1. The van der Waals surface area contributed by atoms with E-state index in [1.165, 1.54) is 0 Å². The maximum atomic E-state index is 11.6. The molecular formula is C13H15N3O2. The van der Waals surface area contributed by atoms with E-state index in [2.05, 4.69) is 10.2 Å². The van der Waals surface area contributed by atoms with Crippen LogP contribution in [0.4, 0.5) is 0 Å². The van der Waals surface area contributed by atoms with Gasteiger partial charge in [0.05, 0.1) is 6.61 Å². The highest BCUT2D eigenvalue weighted by molar-refractivity contribution is 5.62. The fourth-order valence-corrected chi connectivity index (χ4v) is 1.58. The predicted molar refractivity (Wildman–Crippen MR) is 69.5 cm³/mol. The van der Waals surface area contributed by atoms with Gasteiger partial charge in [0.15, 0.2) is 0 Å². The van der Waals surface area contributed by atoms with Crippen LogP contribution in [-0.2, 0) is 0 Å². The van der Waals surface area contributed by atoms with Gasteiger partial charge in [-0.1, -0.05) is 12.1 Å². The summed E-state index contributed by atoms with van der Waals surface area (Å²) >= 11 is 0. The van der Waals surface area contributed by atoms with Crippen LogP contribution in [0, 0.1) is 0 Å². The molecule has 5 nitrogen and oxygen atoms in total. The smallest absolute Gasteiger partial charge is 0.272 e. The molecule has 0 fully saturated rings. The molecule has 0 aliphatic heterocycles. The van der Waals surface area contributed by atoms with Crippen molar-refractivity contribution < 1.29 is 4.74 Å². The third-order valence-electron chi connectivity index (χ3n) is 2.51. The van der Waals surface area contributed by atoms with Gasteiger partial charge in [-0.2, -0.15) is 5.10 Å². The van der Waals surface area contributed by atoms with Gasteiger partial charge in [-0.3, -0.25) is 4.79 Å². The first kappa shape index (κ1) is 12.3. The normalized spacial score (nSPS) is 10.3. The van der Waals surface area contributed by atoms with Crippen molar-refractivity contribution >= 4 is 0 Å². The molecule has 5 heteroatoms. The number of hydrogen-bond donors (Lipinski definition) is 2. The van der Waals surface area contributed by atoms with Crippen LogP contribution in [0.15, 0.2) is 41.3 Å². The van der Waals surface area contributed by atoms with E-state index in [1.807, 2.05) is 24.3 Å². The lowest BCUT2D eigenvalue weighted by Crippen LogP contribution is -2.09. The van der Waals surface area contributed by atoms with Gasteiger partial charge in [0, 0.05) is 11.8 Å². The summed E-state index contributed by atoms with van der Waals surface area (Å²) < 4.78 is 5.49. The number of H-pyrrole nitrogens is 1. The van der Waals surface area contributed by atoms with E-state index in [0.717, 1.165) is 17.7 Å². The van der Waals surface area contributed by atoms with Crippen molar-refractivity contribution in [3.63, 3.8) is 0 Å². The summed E-state index contributed by atoms with van der Waals surface area (Å²) in [5.74, 6) is 0.776. The zero-order valence-corrected chi connectivity index (χ0v) is 9.93. The minimum absolute atomic E-state index is 0.200. The van der Waals surface area contributed by atoms with E-state index in [9.17, 15) is 4.79 Å². The van der Waals surface area contributed by atoms with Crippen molar-refractivity contribution in [2.45, 2.75) is 6.42 Å². The summed E-state index contributed by atoms with van der Waals surface area (Å²) in [5, 5.41) is 6.07. The molecule has 94 valence electrons. The summed E-state index contributed by atoms with van der Waals surface area (Å²) in [5.41, 5.74) is 6.62. The number of nitrogens with two attached hydrogens (primary N) is 1. The molecule has 0 spiro atoms. The second-order valence-electron chi connectivity index (χ2n) is 3.81. The fraction of sp³-hybridized carbons (Fsp3) is 0.231. The van der Waals surface area contributed by atoms with Crippen molar-refractivity contribution in [1.82, 2.24) is 10.2 Å². The van der Waals surface area contributed by atoms with E-state index >= 15 is 0 Å². The van der Waals surface area contributed by atoms with Gasteiger partial charge < -0.3 is 10.5 Å². The average Bonchev–Trinajstić information content (AvgIpc) is 2.41. The van der Waals surface area contributed by atoms with Crippen molar-refractivity contribution in [3.05, 3.63) is 46.9 Å². The zero-order valence-electron chi connectivity index (χ0n) is 9.93. The number of nitrogens with one attached hydrogen (secondary N) is 1. The van der Waals surface area contributed by atoms with Crippen LogP contribution in [0.5, 0.6) is 5.75 Å². The lowest BCUT2D eigenvalue weighted by molar-refractivity contribution is 0.313. The summed E-state index contributed by atoms with van der Waals surface area (Å²) in [7, 11) is 0. The predicted octanol–water partition coefficient (Wildman–Crippen LogP) is 1.16. The largest absolute Gasteiger partial charge is 0.494 e. The minimum atomic E-state index is -0.200. The third-order valence-corrected chi connectivity index (χ3v) is 2.51. The number of rotatable bonds is 5. The lowest BCUT2D eigenvalue weighted by atomic mass is 10.1. The van der Waals surface area contributed by atoms with Gasteiger partial charge in [0.2, 0.25) is 0 Å². The van der Waals surface area contributed by atoms with Gasteiger partial charge in [0.1, 0.15) is 5.75 Å². The first-order chi connectivity index (χ1) is 8.81. The second kappa shape index (κ2) is 5.97. The Balaban J connectivity index is 2.13. The summed E-state index contributed by atoms with van der Waals surface area (Å²) in [6.45, 7) is 1.22. The van der Waals surface area contributed by atoms with Crippen LogP contribution in [0.2, 0.25) is 0 Å². The summed E-state index contributed by atoms with van der Waals surface area (Å²) in [6, 6.07) is 9.06. The zero-order chi connectivity index (χ0) is 12.8. The Hall–Kier alpha value is -2.14. The average molecular weight is 245 g/mol. The molecule has 2 aromatic rings. The molecule has 2 rings (SSSR count). The van der Waals surface area contributed by atoms with Crippen LogP contribution < -0.4 is 16.0 Å². The maximum Gasteiger partial charge on any atom is 0.272 e. The molecule has 0 bridgehead atoms. The molecule has 0 aliphatic carbocycles. The standard InChI is InChI=1S/C13H15N3O2/c14-7-1-9-18-11-4-2-10(3-5-11)12-6-8-15-16-13(12)17/h2-6,8H,1,7,9,14H2,(H,16,17). The quantitative estimate of drug-likeness (QED) is 0.775. The van der Waals surface area contributed by atoms with Gasteiger partial charge in [0.25, 0.3) is 5.56 Å². The molecule has 1 aromatic carbocycles. The van der Waals surface area contributed by atoms with Crippen LogP contribution in [0.1, 0.15) is 6.42 Å². The minimum Gasteiger partial charge on any atom is -0.494 e. The molecule has 0 unspecified atom stereocenters. The number of hydrogen-bond acceptors (Lipinski definition) is 4. The van der Waals surface area contributed by atoms with E-state index in [1.54, 1.807) is 12.3 Å². The highest BCUT2D eigenvalue weighted by atomic mass is 16.5. The number of nitrogens with zero attached hydrogens (tertiary/aromatic N) is 1. The summed E-state index contributed by atoms with van der Waals surface area (Å²) in [4.78, 5) is 11.6.